The number of rotatable bonds is 5. The molecule has 2 N–H and O–H groups in total. The van der Waals surface area contributed by atoms with Gasteiger partial charge in [-0.2, -0.15) is 0 Å². The average molecular weight is 1020 g/mol. The van der Waals surface area contributed by atoms with Crippen LogP contribution in [0.4, 0.5) is 17.1 Å². The molecule has 5 aromatic heterocycles. The molecule has 0 radical (unpaired) electrons. The second-order valence-electron chi connectivity index (χ2n) is 16.4. The molecule has 0 saturated heterocycles. The van der Waals surface area contributed by atoms with Gasteiger partial charge in [-0.15, -0.1) is 4.58 Å². The summed E-state index contributed by atoms with van der Waals surface area (Å²) < 4.78 is 2.56. The SMILES string of the molecule is O=C1/C(=C2/C(=O)c3ccccc3N2C(=O)c2ccncc2)N(C(=O)c2ccncc2)c2ccccc21.O=C1C(c2c(O)c3ccccc3n2C(=O)c2ccncc2)=[N+](C(=O)c2cc[nH+]cc2)c2ccccc21.[Cl-].[Cl-]. The predicted molar refractivity (Wildman–Crippen MR) is 260 cm³/mol. The summed E-state index contributed by atoms with van der Waals surface area (Å²) in [6, 6.07) is 39.2. The number of fused-ring (bicyclic) bond motifs is 4. The number of para-hydroxylation sites is 4. The van der Waals surface area contributed by atoms with Crippen molar-refractivity contribution in [3.8, 4) is 5.75 Å². The van der Waals surface area contributed by atoms with Gasteiger partial charge in [0.05, 0.1) is 16.9 Å². The van der Waals surface area contributed by atoms with E-state index in [-0.39, 0.29) is 75.6 Å². The molecule has 8 heterocycles. The number of carbonyl (C=O) groups excluding carboxylic acids is 7. The molecule has 18 heteroatoms. The van der Waals surface area contributed by atoms with Crippen molar-refractivity contribution in [2.45, 2.75) is 0 Å². The molecule has 360 valence electrons. The number of Topliss-reactive ketones (excluding diaryl/α,β-unsaturated/α-hetero) is 3. The first kappa shape index (κ1) is 49.1. The first-order valence-electron chi connectivity index (χ1n) is 22.2. The highest BCUT2D eigenvalue weighted by atomic mass is 35.5. The summed E-state index contributed by atoms with van der Waals surface area (Å²) in [5.74, 6) is -3.73. The largest absolute Gasteiger partial charge is 1.00 e. The van der Waals surface area contributed by atoms with E-state index in [0.29, 0.717) is 44.7 Å². The fourth-order valence-corrected chi connectivity index (χ4v) is 9.08. The summed E-state index contributed by atoms with van der Waals surface area (Å²) in [7, 11) is 0. The lowest BCUT2D eigenvalue weighted by atomic mass is 10.1. The van der Waals surface area contributed by atoms with E-state index in [1.165, 1.54) is 80.4 Å². The van der Waals surface area contributed by atoms with Gasteiger partial charge >= 0.3 is 5.91 Å². The number of halogens is 2. The zero-order valence-corrected chi connectivity index (χ0v) is 39.7. The van der Waals surface area contributed by atoms with Crippen LogP contribution in [-0.4, -0.2) is 75.9 Å². The second kappa shape index (κ2) is 20.1. The molecule has 0 fully saturated rings. The van der Waals surface area contributed by atoms with Crippen molar-refractivity contribution in [1.82, 2.24) is 19.5 Å². The number of ketones is 3. The molecular weight excluding hydrogens is 984 g/mol. The standard InChI is InChI=1S/2C28H16N4O4.2ClH/c2*33-25-19-5-1-3-7-21(19)31(27(35)17-9-13-29-14-10-17)23(25)24-26(34)20-6-2-4-8-22(20)32(24)28(36)18-11-15-30-16-12-18;;/h2*1-16H;2*1H/b24-23+;;;. The fraction of sp³-hybridized carbons (Fsp3) is 0. The zero-order valence-electron chi connectivity index (χ0n) is 38.2. The average Bonchev–Trinajstić information content (AvgIpc) is 4.11. The highest BCUT2D eigenvalue weighted by Gasteiger charge is 2.49. The number of benzene rings is 4. The second-order valence-corrected chi connectivity index (χ2v) is 16.4. The third kappa shape index (κ3) is 8.01. The van der Waals surface area contributed by atoms with Gasteiger partial charge in [-0.25, -0.2) is 9.78 Å². The van der Waals surface area contributed by atoms with Crippen LogP contribution in [0.1, 0.15) is 78.2 Å². The molecule has 0 spiro atoms. The Morgan fingerprint density at radius 3 is 1.42 bits per heavy atom. The van der Waals surface area contributed by atoms with Crippen molar-refractivity contribution in [3.63, 3.8) is 0 Å². The van der Waals surface area contributed by atoms with E-state index in [0.717, 1.165) is 0 Å². The normalized spacial score (nSPS) is 14.1. The van der Waals surface area contributed by atoms with Gasteiger partial charge in [-0.05, 0) is 78.9 Å². The first-order chi connectivity index (χ1) is 35.2. The smallest absolute Gasteiger partial charge is 0.426 e. The van der Waals surface area contributed by atoms with Crippen molar-refractivity contribution in [2.24, 2.45) is 0 Å². The summed E-state index contributed by atoms with van der Waals surface area (Å²) in [6.07, 6.45) is 12.1. The quantitative estimate of drug-likeness (QED) is 0.193. The van der Waals surface area contributed by atoms with Gasteiger partial charge in [0, 0.05) is 88.6 Å². The minimum atomic E-state index is -0.517. The van der Waals surface area contributed by atoms with Gasteiger partial charge in [-0.1, -0.05) is 48.5 Å². The number of pyridine rings is 4. The maximum atomic E-state index is 13.8. The van der Waals surface area contributed by atoms with Crippen LogP contribution >= 0.6 is 0 Å². The molecule has 3 amide bonds. The van der Waals surface area contributed by atoms with Crippen LogP contribution in [0.2, 0.25) is 0 Å². The third-order valence-electron chi connectivity index (χ3n) is 12.3. The van der Waals surface area contributed by atoms with Crippen LogP contribution in [-0.2, 0) is 0 Å². The van der Waals surface area contributed by atoms with Crippen molar-refractivity contribution in [2.75, 3.05) is 9.80 Å². The lowest BCUT2D eigenvalue weighted by Crippen LogP contribution is -3.00. The number of nitrogens with one attached hydrogen (secondary N) is 1. The number of hydrogen-bond donors (Lipinski definition) is 1. The Morgan fingerprint density at radius 2 is 0.905 bits per heavy atom. The summed E-state index contributed by atoms with van der Waals surface area (Å²) >= 11 is 0. The van der Waals surface area contributed by atoms with Gasteiger partial charge in [0.2, 0.25) is 17.3 Å². The van der Waals surface area contributed by atoms with Crippen LogP contribution in [0.15, 0.2) is 207 Å². The fourth-order valence-electron chi connectivity index (χ4n) is 9.08. The predicted octanol–water partition coefficient (Wildman–Crippen LogP) is 1.50. The number of aromatic hydroxyl groups is 1. The van der Waals surface area contributed by atoms with Gasteiger partial charge in [-0.3, -0.25) is 58.1 Å². The first-order valence-corrected chi connectivity index (χ1v) is 22.2. The zero-order chi connectivity index (χ0) is 49.6. The lowest BCUT2D eigenvalue weighted by Gasteiger charge is -2.24. The molecule has 0 aliphatic carbocycles. The topological polar surface area (TPSA) is 207 Å². The molecule has 16 nitrogen and oxygen atoms in total. The van der Waals surface area contributed by atoms with Gasteiger partial charge in [0.1, 0.15) is 22.5 Å². The molecule has 0 bridgehead atoms. The van der Waals surface area contributed by atoms with Crippen LogP contribution in [0.25, 0.3) is 10.9 Å². The highest BCUT2D eigenvalue weighted by molar-refractivity contribution is 6.54. The Kier molecular flexibility index (Phi) is 13.3. The van der Waals surface area contributed by atoms with Crippen LogP contribution in [0.3, 0.4) is 0 Å². The number of carbonyl (C=O) groups is 7. The summed E-state index contributed by atoms with van der Waals surface area (Å²) in [5, 5.41) is 11.8. The Labute approximate surface area is 432 Å². The van der Waals surface area contributed by atoms with Gasteiger partial charge in [0.15, 0.2) is 23.8 Å². The van der Waals surface area contributed by atoms with Gasteiger partial charge < -0.3 is 29.9 Å². The van der Waals surface area contributed by atoms with E-state index in [1.54, 1.807) is 134 Å². The van der Waals surface area contributed by atoms with E-state index in [4.69, 9.17) is 0 Å². The van der Waals surface area contributed by atoms with E-state index < -0.39 is 41.0 Å². The van der Waals surface area contributed by atoms with Crippen molar-refractivity contribution in [1.29, 1.82) is 0 Å². The Bertz CT molecular complexity index is 3750. The number of nitrogens with zero attached hydrogens (tertiary/aromatic N) is 7. The van der Waals surface area contributed by atoms with Crippen LogP contribution in [0.5, 0.6) is 5.75 Å². The molecule has 9 aromatic rings. The van der Waals surface area contributed by atoms with Crippen molar-refractivity contribution >= 4 is 74.7 Å². The molecule has 0 unspecified atom stereocenters. The minimum Gasteiger partial charge on any atom is -1.00 e. The van der Waals surface area contributed by atoms with E-state index in [9.17, 15) is 38.7 Å². The maximum Gasteiger partial charge on any atom is 0.426 e. The number of allylic oxidation sites excluding steroid dienone is 2. The number of anilines is 2. The Morgan fingerprint density at radius 1 is 0.473 bits per heavy atom. The summed E-state index contributed by atoms with van der Waals surface area (Å²) in [5.41, 5.74) is 3.03. The Balaban J connectivity index is 0.000000177. The monoisotopic (exact) mass is 1020 g/mol. The number of hydrogen-bond acceptors (Lipinski definition) is 11. The maximum absolute atomic E-state index is 13.8. The number of aromatic amines is 1. The molecular formula is C56H34Cl2N8O8. The van der Waals surface area contributed by atoms with Crippen LogP contribution < -0.4 is 39.6 Å². The highest BCUT2D eigenvalue weighted by Crippen LogP contribution is 2.44. The molecule has 74 heavy (non-hydrogen) atoms. The molecule has 3 aliphatic rings. The minimum absolute atomic E-state index is 0. The molecule has 3 aliphatic heterocycles. The van der Waals surface area contributed by atoms with Crippen molar-refractivity contribution < 1.29 is 73.0 Å². The summed E-state index contributed by atoms with van der Waals surface area (Å²) in [4.78, 5) is 114. The Hall–Kier alpha value is -9.90. The molecule has 12 rings (SSSR count). The molecule has 0 atom stereocenters. The molecule has 4 aromatic carbocycles. The number of aromatic nitrogens is 5. The van der Waals surface area contributed by atoms with Crippen molar-refractivity contribution in [3.05, 3.63) is 251 Å². The number of amides is 3. The molecule has 0 saturated carbocycles. The summed E-state index contributed by atoms with van der Waals surface area (Å²) in [6.45, 7) is 0. The third-order valence-corrected chi connectivity index (χ3v) is 12.3. The van der Waals surface area contributed by atoms with E-state index >= 15 is 0 Å². The number of H-pyrrole nitrogens is 1. The van der Waals surface area contributed by atoms with E-state index in [2.05, 4.69) is 19.9 Å². The lowest BCUT2D eigenvalue weighted by molar-refractivity contribution is -0.378. The van der Waals surface area contributed by atoms with E-state index in [1.807, 2.05) is 0 Å². The van der Waals surface area contributed by atoms with Crippen LogP contribution in [0, 0.1) is 0 Å². The van der Waals surface area contributed by atoms with Gasteiger partial charge in [0.25, 0.3) is 29.2 Å².